The zero-order chi connectivity index (χ0) is 26.1. The highest BCUT2D eigenvalue weighted by atomic mass is 35.5. The minimum Gasteiger partial charge on any atom is -0.382 e. The van der Waals surface area contributed by atoms with Crippen LogP contribution >= 0.6 is 11.6 Å². The number of nitrogens with one attached hydrogen (secondary N) is 3. The summed E-state index contributed by atoms with van der Waals surface area (Å²) in [6.07, 6.45) is -0.902. The summed E-state index contributed by atoms with van der Waals surface area (Å²) < 4.78 is 65.6. The third-order valence-electron chi connectivity index (χ3n) is 5.86. The van der Waals surface area contributed by atoms with Gasteiger partial charge in [-0.15, -0.1) is 0 Å². The van der Waals surface area contributed by atoms with Crippen molar-refractivity contribution >= 4 is 49.8 Å². The lowest BCUT2D eigenvalue weighted by Crippen LogP contribution is -2.41. The number of hydrogen-bond donors (Lipinski definition) is 3. The molecule has 0 saturated heterocycles. The fourth-order valence-electron chi connectivity index (χ4n) is 4.34. The number of alkyl halides is 3. The first kappa shape index (κ1) is 26.0. The van der Waals surface area contributed by atoms with Crippen molar-refractivity contribution in [3.05, 3.63) is 64.8 Å². The van der Waals surface area contributed by atoms with Gasteiger partial charge in [-0.1, -0.05) is 17.7 Å². The van der Waals surface area contributed by atoms with Crippen molar-refractivity contribution in [2.75, 3.05) is 16.3 Å². The Morgan fingerprint density at radius 1 is 1.08 bits per heavy atom. The van der Waals surface area contributed by atoms with Crippen LogP contribution in [0.1, 0.15) is 41.7 Å². The van der Waals surface area contributed by atoms with Crippen molar-refractivity contribution in [2.45, 2.75) is 43.9 Å². The largest absolute Gasteiger partial charge is 0.433 e. The summed E-state index contributed by atoms with van der Waals surface area (Å²) >= 11 is 6.09. The molecule has 1 aromatic heterocycles. The Morgan fingerprint density at radius 2 is 1.83 bits per heavy atom. The minimum absolute atomic E-state index is 0.181. The van der Waals surface area contributed by atoms with Crippen molar-refractivity contribution in [2.24, 2.45) is 0 Å². The molecule has 7 nitrogen and oxygen atoms in total. The molecule has 0 radical (unpaired) electrons. The van der Waals surface area contributed by atoms with Crippen LogP contribution < -0.4 is 15.4 Å². The van der Waals surface area contributed by atoms with Crippen LogP contribution in [0.15, 0.2) is 48.5 Å². The van der Waals surface area contributed by atoms with E-state index in [1.165, 1.54) is 18.2 Å². The number of nitrogens with zero attached hydrogens (tertiary/aromatic N) is 1. The number of carbonyl (C=O) groups is 1. The number of fused-ring (bicyclic) bond motifs is 1. The molecule has 1 fully saturated rings. The smallest absolute Gasteiger partial charge is 0.382 e. The lowest BCUT2D eigenvalue weighted by molar-refractivity contribution is -0.140. The molecule has 0 spiro atoms. The maximum absolute atomic E-state index is 13.4. The van der Waals surface area contributed by atoms with E-state index in [0.717, 1.165) is 18.7 Å². The van der Waals surface area contributed by atoms with Crippen LogP contribution in [0.3, 0.4) is 0 Å². The van der Waals surface area contributed by atoms with Crippen molar-refractivity contribution < 1.29 is 26.4 Å². The number of benzene rings is 2. The molecule has 12 heteroatoms. The molecular formula is C24H24ClF3N4O3S. The Kier molecular flexibility index (Phi) is 7.33. The fraction of sp³-hybridized carbons (Fsp3) is 0.333. The van der Waals surface area contributed by atoms with Crippen molar-refractivity contribution in [3.63, 3.8) is 0 Å². The van der Waals surface area contributed by atoms with Gasteiger partial charge in [-0.3, -0.25) is 9.52 Å². The molecule has 1 amide bonds. The van der Waals surface area contributed by atoms with Gasteiger partial charge in [-0.05, 0) is 68.1 Å². The first-order chi connectivity index (χ1) is 16.9. The maximum atomic E-state index is 13.4. The first-order valence-corrected chi connectivity index (χ1v) is 13.5. The van der Waals surface area contributed by atoms with Crippen LogP contribution in [-0.4, -0.2) is 37.6 Å². The number of halogens is 4. The molecule has 192 valence electrons. The molecule has 1 aliphatic rings. The highest BCUT2D eigenvalue weighted by Crippen LogP contribution is 2.35. The molecule has 36 heavy (non-hydrogen) atoms. The normalized spacial score (nSPS) is 18.6. The Bertz CT molecular complexity index is 1400. The van der Waals surface area contributed by atoms with Crippen LogP contribution in [-0.2, 0) is 16.2 Å². The molecule has 1 aliphatic carbocycles. The van der Waals surface area contributed by atoms with E-state index >= 15 is 0 Å². The van der Waals surface area contributed by atoms with Gasteiger partial charge in [0.2, 0.25) is 10.0 Å². The quantitative estimate of drug-likeness (QED) is 0.387. The molecule has 2 atom stereocenters. The van der Waals surface area contributed by atoms with Crippen molar-refractivity contribution in [1.82, 2.24) is 10.3 Å². The molecule has 1 heterocycles. The van der Waals surface area contributed by atoms with Gasteiger partial charge < -0.3 is 10.6 Å². The summed E-state index contributed by atoms with van der Waals surface area (Å²) in [5.41, 5.74) is 0.0368. The summed E-state index contributed by atoms with van der Waals surface area (Å²) in [7, 11) is -3.49. The van der Waals surface area contributed by atoms with Crippen LogP contribution in [0.25, 0.3) is 10.9 Å². The molecule has 3 aromatic rings. The summed E-state index contributed by atoms with van der Waals surface area (Å²) in [6, 6.07) is 11.2. The molecule has 0 unspecified atom stereocenters. The summed E-state index contributed by atoms with van der Waals surface area (Å²) in [5.74, 6) is -0.363. The number of hydrogen-bond acceptors (Lipinski definition) is 5. The van der Waals surface area contributed by atoms with Crippen molar-refractivity contribution in [1.29, 1.82) is 0 Å². The summed E-state index contributed by atoms with van der Waals surface area (Å²) in [6.45, 7) is 0. The van der Waals surface area contributed by atoms with E-state index in [1.54, 1.807) is 24.3 Å². The molecule has 1 saturated carbocycles. The highest BCUT2D eigenvalue weighted by Gasteiger charge is 2.34. The fourth-order valence-corrected chi connectivity index (χ4v) is 5.07. The average molecular weight is 541 g/mol. The second kappa shape index (κ2) is 10.1. The molecule has 0 aliphatic heterocycles. The van der Waals surface area contributed by atoms with Gasteiger partial charge in [0.1, 0.15) is 5.69 Å². The summed E-state index contributed by atoms with van der Waals surface area (Å²) in [4.78, 5) is 16.5. The number of rotatable bonds is 6. The summed E-state index contributed by atoms with van der Waals surface area (Å²) in [5, 5.41) is 7.03. The third-order valence-corrected chi connectivity index (χ3v) is 6.70. The molecule has 4 rings (SSSR count). The lowest BCUT2D eigenvalue weighted by atomic mass is 9.90. The number of anilines is 2. The number of aromatic nitrogens is 1. The Morgan fingerprint density at radius 3 is 2.56 bits per heavy atom. The number of carbonyl (C=O) groups excluding carboxylic acids is 1. The Labute approximate surface area is 211 Å². The standard InChI is InChI=1S/C24H24ClF3N4O3S/c1-36(34,35)32-18-7-2-4-14(10-18)23(33)30-17-6-3-5-16(12-17)29-21-13-22(24(26,27)28)31-20-9-8-15(25)11-19(20)21/h2,4,7-11,13,16-17,32H,3,5-6,12H2,1H3,(H,29,31)(H,30,33)/t16-,17+/m0/s1. The molecule has 0 bridgehead atoms. The SMILES string of the molecule is CS(=O)(=O)Nc1cccc(C(=O)N[C@@H]2CCC[C@H](Nc3cc(C(F)(F)F)nc4ccc(Cl)cc34)C2)c1. The lowest BCUT2D eigenvalue weighted by Gasteiger charge is -2.31. The van der Waals surface area contributed by atoms with Crippen LogP contribution in [0, 0.1) is 0 Å². The van der Waals surface area contributed by atoms with Crippen LogP contribution in [0.2, 0.25) is 5.02 Å². The Hall–Kier alpha value is -3.05. The zero-order valence-corrected chi connectivity index (χ0v) is 20.8. The van der Waals surface area contributed by atoms with Gasteiger partial charge in [0.25, 0.3) is 5.91 Å². The monoisotopic (exact) mass is 540 g/mol. The third kappa shape index (κ3) is 6.58. The maximum Gasteiger partial charge on any atom is 0.433 e. The second-order valence-corrected chi connectivity index (χ2v) is 11.0. The second-order valence-electron chi connectivity index (χ2n) is 8.85. The van der Waals surface area contributed by atoms with Gasteiger partial charge in [-0.2, -0.15) is 13.2 Å². The van der Waals surface area contributed by atoms with Crippen LogP contribution in [0.4, 0.5) is 24.5 Å². The van der Waals surface area contributed by atoms with Gasteiger partial charge in [-0.25, -0.2) is 13.4 Å². The average Bonchev–Trinajstić information content (AvgIpc) is 2.78. The first-order valence-electron chi connectivity index (χ1n) is 11.2. The topological polar surface area (TPSA) is 100 Å². The van der Waals surface area contributed by atoms with E-state index in [1.807, 2.05) is 0 Å². The number of pyridine rings is 1. The van der Waals surface area contributed by atoms with E-state index in [0.29, 0.717) is 35.2 Å². The zero-order valence-electron chi connectivity index (χ0n) is 19.2. The van der Waals surface area contributed by atoms with E-state index < -0.39 is 21.9 Å². The van der Waals surface area contributed by atoms with E-state index in [4.69, 9.17) is 11.6 Å². The van der Waals surface area contributed by atoms with E-state index in [9.17, 15) is 26.4 Å². The minimum atomic E-state index is -4.60. The van der Waals surface area contributed by atoms with Gasteiger partial charge in [0, 0.05) is 39.4 Å². The van der Waals surface area contributed by atoms with Crippen molar-refractivity contribution in [3.8, 4) is 0 Å². The van der Waals surface area contributed by atoms with Gasteiger partial charge in [0.15, 0.2) is 0 Å². The predicted molar refractivity (Wildman–Crippen MR) is 134 cm³/mol. The highest BCUT2D eigenvalue weighted by molar-refractivity contribution is 7.92. The molecule has 2 aromatic carbocycles. The molecular weight excluding hydrogens is 517 g/mol. The Balaban J connectivity index is 1.50. The van der Waals surface area contributed by atoms with Gasteiger partial charge >= 0.3 is 6.18 Å². The predicted octanol–water partition coefficient (Wildman–Crippen LogP) is 5.43. The number of amides is 1. The van der Waals surface area contributed by atoms with E-state index in [2.05, 4.69) is 20.3 Å². The van der Waals surface area contributed by atoms with Crippen LogP contribution in [0.5, 0.6) is 0 Å². The number of sulfonamides is 1. The van der Waals surface area contributed by atoms with Gasteiger partial charge in [0.05, 0.1) is 11.8 Å². The molecule has 3 N–H and O–H groups in total. The van der Waals surface area contributed by atoms with E-state index in [-0.39, 0.29) is 34.9 Å².